The van der Waals surface area contributed by atoms with Gasteiger partial charge in [-0.3, -0.25) is 9.59 Å². The maximum Gasteiger partial charge on any atom is 0.322 e. The first kappa shape index (κ1) is 15.8. The molecule has 1 aromatic carbocycles. The van der Waals surface area contributed by atoms with Crippen LogP contribution in [-0.4, -0.2) is 41.5 Å². The average molecular weight is 317 g/mol. The minimum Gasteiger partial charge on any atom is -0.505 e. The van der Waals surface area contributed by atoms with E-state index in [1.165, 1.54) is 12.3 Å². The number of halogens is 1. The number of carboxylic acids is 1. The number of aliphatic carboxylic acids is 1. The molecule has 0 bridgehead atoms. The molecule has 0 atom stereocenters. The number of hydrogen-bond acceptors (Lipinski definition) is 4. The Balaban J connectivity index is 2.32. The predicted molar refractivity (Wildman–Crippen MR) is 81.7 cm³/mol. The normalized spacial score (nSPS) is 10.2. The van der Waals surface area contributed by atoms with E-state index in [0.717, 1.165) is 0 Å². The molecule has 0 aliphatic heterocycles. The van der Waals surface area contributed by atoms with Gasteiger partial charge in [0, 0.05) is 16.8 Å². The summed E-state index contributed by atoms with van der Waals surface area (Å²) in [5.74, 6) is -2.37. The van der Waals surface area contributed by atoms with Gasteiger partial charge in [-0.15, -0.1) is 0 Å². The number of amides is 1. The number of pyridine rings is 1. The molecule has 2 aromatic rings. The van der Waals surface area contributed by atoms with Gasteiger partial charge in [0.25, 0.3) is 5.91 Å². The van der Waals surface area contributed by atoms with E-state index in [1.807, 2.05) is 0 Å². The van der Waals surface area contributed by atoms with Gasteiger partial charge in [-0.1, -0.05) is 23.1 Å². The smallest absolute Gasteiger partial charge is 0.322 e. The Bertz CT molecular complexity index is 752. The molecule has 0 spiro atoms. The summed E-state index contributed by atoms with van der Waals surface area (Å²) < 4.78 is 0. The van der Waals surface area contributed by atoms with Gasteiger partial charge in [0.2, 0.25) is 0 Å². The molecular weight excluding hydrogens is 306 g/mol. The van der Waals surface area contributed by atoms with E-state index in [2.05, 4.69) is 10.3 Å². The van der Waals surface area contributed by atoms with Crippen LogP contribution in [0, 0.1) is 0 Å². The van der Waals surface area contributed by atoms with Gasteiger partial charge in [0.1, 0.15) is 20.1 Å². The number of benzene rings is 1. The van der Waals surface area contributed by atoms with Crippen LogP contribution < -0.4 is 10.8 Å². The molecule has 3 N–H and O–H groups in total. The number of carboxylic acid groups (broad SMARTS) is 1. The number of aromatic nitrogens is 1. The van der Waals surface area contributed by atoms with E-state index >= 15 is 0 Å². The molecule has 2 rings (SSSR count). The second-order valence-electron chi connectivity index (χ2n) is 4.40. The van der Waals surface area contributed by atoms with Crippen LogP contribution in [-0.2, 0) is 4.79 Å². The highest BCUT2D eigenvalue weighted by atomic mass is 35.5. The molecule has 0 aliphatic carbocycles. The van der Waals surface area contributed by atoms with Gasteiger partial charge in [0.15, 0.2) is 5.69 Å². The predicted octanol–water partition coefficient (Wildman–Crippen LogP) is 0.716. The highest BCUT2D eigenvalue weighted by Gasteiger charge is 2.15. The molecule has 6 nitrogen and oxygen atoms in total. The number of rotatable bonds is 4. The molecule has 0 fully saturated rings. The summed E-state index contributed by atoms with van der Waals surface area (Å²) in [6.45, 7) is -0.567. The van der Waals surface area contributed by atoms with Crippen molar-refractivity contribution in [1.29, 1.82) is 0 Å². The fourth-order valence-corrected chi connectivity index (χ4v) is 1.97. The van der Waals surface area contributed by atoms with Crippen molar-refractivity contribution in [3.63, 3.8) is 0 Å². The van der Waals surface area contributed by atoms with Gasteiger partial charge in [0.05, 0.1) is 0 Å². The summed E-state index contributed by atoms with van der Waals surface area (Å²) in [7, 11) is 5.84. The van der Waals surface area contributed by atoms with Gasteiger partial charge >= 0.3 is 5.97 Å². The molecule has 1 amide bonds. The maximum absolute atomic E-state index is 11.7. The number of hydrogen-bond donors (Lipinski definition) is 3. The number of carbonyl (C=O) groups excluding carboxylic acids is 1. The van der Waals surface area contributed by atoms with Crippen LogP contribution in [0.25, 0.3) is 11.1 Å². The Hall–Kier alpha value is -2.54. The minimum atomic E-state index is -1.20. The third-order valence-electron chi connectivity index (χ3n) is 2.81. The summed E-state index contributed by atoms with van der Waals surface area (Å²) in [4.78, 5) is 26.0. The zero-order valence-electron chi connectivity index (χ0n) is 11.2. The Labute approximate surface area is 132 Å². The SMILES string of the molecule is [B]c1ccc(Cl)cc1-c1cnc(C(=O)NCC(=O)O)c(O)c1. The first-order valence-electron chi connectivity index (χ1n) is 6.13. The summed E-state index contributed by atoms with van der Waals surface area (Å²) in [5, 5.41) is 21.0. The highest BCUT2D eigenvalue weighted by molar-refractivity contribution is 6.37. The highest BCUT2D eigenvalue weighted by Crippen LogP contribution is 2.25. The van der Waals surface area contributed by atoms with Crippen molar-refractivity contribution in [2.45, 2.75) is 0 Å². The van der Waals surface area contributed by atoms with E-state index in [1.54, 1.807) is 18.2 Å². The molecule has 1 aromatic heterocycles. The van der Waals surface area contributed by atoms with Crippen molar-refractivity contribution in [1.82, 2.24) is 10.3 Å². The van der Waals surface area contributed by atoms with Crippen LogP contribution in [0.2, 0.25) is 5.02 Å². The molecule has 2 radical (unpaired) electrons. The first-order chi connectivity index (χ1) is 10.4. The Kier molecular flexibility index (Phi) is 4.67. The first-order valence-corrected chi connectivity index (χ1v) is 6.50. The third kappa shape index (κ3) is 3.56. The molecule has 0 unspecified atom stereocenters. The summed E-state index contributed by atoms with van der Waals surface area (Å²) >= 11 is 5.90. The van der Waals surface area contributed by atoms with E-state index < -0.39 is 18.4 Å². The third-order valence-corrected chi connectivity index (χ3v) is 3.04. The maximum atomic E-state index is 11.7. The van der Waals surface area contributed by atoms with Crippen LogP contribution in [0.1, 0.15) is 10.5 Å². The largest absolute Gasteiger partial charge is 0.505 e. The lowest BCUT2D eigenvalue weighted by Crippen LogP contribution is -2.29. The second kappa shape index (κ2) is 6.49. The van der Waals surface area contributed by atoms with Crippen molar-refractivity contribution >= 4 is 36.8 Å². The van der Waals surface area contributed by atoms with E-state index in [-0.39, 0.29) is 11.4 Å². The number of nitrogens with one attached hydrogen (secondary N) is 1. The molecule has 0 aliphatic rings. The zero-order valence-corrected chi connectivity index (χ0v) is 12.0. The average Bonchev–Trinajstić information content (AvgIpc) is 2.47. The number of nitrogens with zero attached hydrogens (tertiary/aromatic N) is 1. The summed E-state index contributed by atoms with van der Waals surface area (Å²) in [5.41, 5.74) is 1.21. The van der Waals surface area contributed by atoms with Crippen molar-refractivity contribution in [3.05, 3.63) is 41.2 Å². The second-order valence-corrected chi connectivity index (χ2v) is 4.84. The van der Waals surface area contributed by atoms with E-state index in [4.69, 9.17) is 24.6 Å². The lowest BCUT2D eigenvalue weighted by atomic mass is 9.87. The molecule has 1 heterocycles. The van der Waals surface area contributed by atoms with Gasteiger partial charge in [-0.05, 0) is 23.8 Å². The molecule has 0 saturated carbocycles. The van der Waals surface area contributed by atoms with Gasteiger partial charge in [-0.25, -0.2) is 4.98 Å². The number of aromatic hydroxyl groups is 1. The summed E-state index contributed by atoms with van der Waals surface area (Å²) in [6, 6.07) is 6.16. The monoisotopic (exact) mass is 316 g/mol. The van der Waals surface area contributed by atoms with Crippen molar-refractivity contribution in [2.24, 2.45) is 0 Å². The van der Waals surface area contributed by atoms with Crippen LogP contribution in [0.5, 0.6) is 5.75 Å². The van der Waals surface area contributed by atoms with Crippen LogP contribution in [0.4, 0.5) is 0 Å². The molecule has 110 valence electrons. The van der Waals surface area contributed by atoms with Crippen LogP contribution in [0.3, 0.4) is 0 Å². The lowest BCUT2D eigenvalue weighted by Gasteiger charge is -2.09. The van der Waals surface area contributed by atoms with E-state index in [0.29, 0.717) is 21.6 Å². The number of carbonyl (C=O) groups is 2. The fraction of sp³-hybridized carbons (Fsp3) is 0.0714. The van der Waals surface area contributed by atoms with E-state index in [9.17, 15) is 14.7 Å². The zero-order chi connectivity index (χ0) is 16.3. The van der Waals surface area contributed by atoms with Crippen molar-refractivity contribution in [2.75, 3.05) is 6.54 Å². The Morgan fingerprint density at radius 3 is 2.68 bits per heavy atom. The quantitative estimate of drug-likeness (QED) is 0.722. The fourth-order valence-electron chi connectivity index (χ4n) is 1.79. The molecule has 22 heavy (non-hydrogen) atoms. The van der Waals surface area contributed by atoms with Crippen LogP contribution >= 0.6 is 11.6 Å². The Morgan fingerprint density at radius 2 is 2.05 bits per heavy atom. The van der Waals surface area contributed by atoms with Gasteiger partial charge < -0.3 is 15.5 Å². The van der Waals surface area contributed by atoms with Crippen LogP contribution in [0.15, 0.2) is 30.5 Å². The van der Waals surface area contributed by atoms with Gasteiger partial charge in [-0.2, -0.15) is 0 Å². The molecule has 0 saturated heterocycles. The standard InChI is InChI=1S/C14H10BClN2O4/c15-10-2-1-8(16)4-9(10)7-3-11(19)13(17-5-7)14(22)18-6-12(20)21/h1-5,19H,6H2,(H,18,22)(H,20,21). The minimum absolute atomic E-state index is 0.273. The molecular formula is C14H10BClN2O4. The van der Waals surface area contributed by atoms with Crippen molar-refractivity contribution in [3.8, 4) is 16.9 Å². The Morgan fingerprint density at radius 1 is 1.32 bits per heavy atom. The van der Waals surface area contributed by atoms with Crippen molar-refractivity contribution < 1.29 is 19.8 Å². The summed E-state index contributed by atoms with van der Waals surface area (Å²) in [6.07, 6.45) is 1.34. The topological polar surface area (TPSA) is 99.5 Å². The lowest BCUT2D eigenvalue weighted by molar-refractivity contribution is -0.135. The molecule has 8 heteroatoms.